The van der Waals surface area contributed by atoms with E-state index in [1.165, 1.54) is 12.8 Å². The number of benzene rings is 1. The van der Waals surface area contributed by atoms with Crippen molar-refractivity contribution in [2.24, 2.45) is 0 Å². The molecule has 3 rings (SSSR count). The van der Waals surface area contributed by atoms with Crippen LogP contribution in [-0.4, -0.2) is 46.6 Å². The largest absolute Gasteiger partial charge is 0.355 e. The van der Waals surface area contributed by atoms with Crippen LogP contribution in [0.3, 0.4) is 0 Å². The molecule has 1 aliphatic heterocycles. The third-order valence-corrected chi connectivity index (χ3v) is 5.09. The van der Waals surface area contributed by atoms with Crippen LogP contribution in [0.1, 0.15) is 44.1 Å². The lowest BCUT2D eigenvalue weighted by molar-refractivity contribution is -0.121. The van der Waals surface area contributed by atoms with E-state index in [1.807, 2.05) is 31.2 Å². The molecule has 0 saturated carbocycles. The minimum atomic E-state index is 0.103. The van der Waals surface area contributed by atoms with Crippen LogP contribution in [0.15, 0.2) is 28.8 Å². The predicted octanol–water partition coefficient (Wildman–Crippen LogP) is 2.97. The Morgan fingerprint density at radius 2 is 2.23 bits per heavy atom. The van der Waals surface area contributed by atoms with Crippen molar-refractivity contribution in [3.8, 4) is 11.4 Å². The molecule has 1 fully saturated rings. The molecule has 0 radical (unpaired) electrons. The second-order valence-electron chi connectivity index (χ2n) is 6.91. The normalized spacial score (nSPS) is 17.5. The number of carbonyl (C=O) groups is 1. The number of likely N-dealkylation sites (N-methyl/N-ethyl adjacent to an activating group) is 1. The zero-order valence-corrected chi connectivity index (χ0v) is 15.7. The molecule has 1 atom stereocenters. The first-order valence-electron chi connectivity index (χ1n) is 9.56. The Balaban J connectivity index is 1.41. The molecule has 26 heavy (non-hydrogen) atoms. The van der Waals surface area contributed by atoms with Crippen molar-refractivity contribution in [1.29, 1.82) is 0 Å². The number of aromatic nitrogens is 2. The summed E-state index contributed by atoms with van der Waals surface area (Å²) in [5.41, 5.74) is 2.10. The van der Waals surface area contributed by atoms with Crippen molar-refractivity contribution in [3.63, 3.8) is 0 Å². The lowest BCUT2D eigenvalue weighted by Gasteiger charge is -2.22. The Hall–Kier alpha value is -2.21. The molecule has 1 aliphatic rings. The van der Waals surface area contributed by atoms with Crippen molar-refractivity contribution < 1.29 is 9.32 Å². The Kier molecular flexibility index (Phi) is 6.39. The lowest BCUT2D eigenvalue weighted by Crippen LogP contribution is -2.39. The number of aryl methyl sites for hydroxylation is 2. The van der Waals surface area contributed by atoms with Gasteiger partial charge in [0.25, 0.3) is 0 Å². The maximum atomic E-state index is 12.1. The molecule has 1 amide bonds. The van der Waals surface area contributed by atoms with E-state index in [2.05, 4.69) is 27.3 Å². The van der Waals surface area contributed by atoms with Crippen LogP contribution in [0.2, 0.25) is 0 Å². The first-order valence-corrected chi connectivity index (χ1v) is 9.56. The maximum Gasteiger partial charge on any atom is 0.226 e. The molecule has 2 aromatic rings. The van der Waals surface area contributed by atoms with Gasteiger partial charge in [0.2, 0.25) is 17.6 Å². The standard InChI is InChI=1S/C20H28N4O2/c1-3-24-13-7-9-16(24)14-21-18(25)11-6-12-19-22-20(23-26-19)17-10-5-4-8-15(17)2/h4-5,8,10,16H,3,6-7,9,11-14H2,1-2H3,(H,21,25). The lowest BCUT2D eigenvalue weighted by atomic mass is 10.1. The first-order chi connectivity index (χ1) is 12.7. The van der Waals surface area contributed by atoms with Crippen molar-refractivity contribution in [2.45, 2.75) is 52.0 Å². The SMILES string of the molecule is CCN1CCCC1CNC(=O)CCCc1nc(-c2ccccc2C)no1. The number of nitrogens with one attached hydrogen (secondary N) is 1. The summed E-state index contributed by atoms with van der Waals surface area (Å²) < 4.78 is 5.33. The summed E-state index contributed by atoms with van der Waals surface area (Å²) >= 11 is 0. The summed E-state index contributed by atoms with van der Waals surface area (Å²) in [4.78, 5) is 18.9. The van der Waals surface area contributed by atoms with Gasteiger partial charge in [-0.1, -0.05) is 36.3 Å². The highest BCUT2D eigenvalue weighted by Gasteiger charge is 2.23. The van der Waals surface area contributed by atoms with Crippen LogP contribution in [-0.2, 0) is 11.2 Å². The van der Waals surface area contributed by atoms with Crippen LogP contribution in [0.25, 0.3) is 11.4 Å². The summed E-state index contributed by atoms with van der Waals surface area (Å²) in [5, 5.41) is 7.13. The van der Waals surface area contributed by atoms with Gasteiger partial charge in [-0.15, -0.1) is 0 Å². The van der Waals surface area contributed by atoms with Crippen LogP contribution in [0.5, 0.6) is 0 Å². The van der Waals surface area contributed by atoms with Gasteiger partial charge in [-0.05, 0) is 44.8 Å². The van der Waals surface area contributed by atoms with Crippen LogP contribution in [0.4, 0.5) is 0 Å². The molecule has 1 unspecified atom stereocenters. The Morgan fingerprint density at radius 3 is 3.04 bits per heavy atom. The summed E-state index contributed by atoms with van der Waals surface area (Å²) in [5.74, 6) is 1.30. The number of nitrogens with zero attached hydrogens (tertiary/aromatic N) is 3. The summed E-state index contributed by atoms with van der Waals surface area (Å²) in [7, 11) is 0. The Morgan fingerprint density at radius 1 is 1.38 bits per heavy atom. The van der Waals surface area contributed by atoms with Crippen molar-refractivity contribution >= 4 is 5.91 Å². The van der Waals surface area contributed by atoms with E-state index in [0.717, 1.165) is 30.8 Å². The molecule has 0 bridgehead atoms. The van der Waals surface area contributed by atoms with E-state index >= 15 is 0 Å². The smallest absolute Gasteiger partial charge is 0.226 e. The van der Waals surface area contributed by atoms with E-state index in [0.29, 0.717) is 37.0 Å². The molecule has 0 aliphatic carbocycles. The molecule has 140 valence electrons. The van der Waals surface area contributed by atoms with Crippen LogP contribution >= 0.6 is 0 Å². The monoisotopic (exact) mass is 356 g/mol. The molecule has 6 heteroatoms. The second-order valence-corrected chi connectivity index (χ2v) is 6.91. The van der Waals surface area contributed by atoms with Gasteiger partial charge in [-0.3, -0.25) is 9.69 Å². The van der Waals surface area contributed by atoms with Gasteiger partial charge >= 0.3 is 0 Å². The molecule has 1 N–H and O–H groups in total. The van der Waals surface area contributed by atoms with Crippen molar-refractivity contribution in [2.75, 3.05) is 19.6 Å². The van der Waals surface area contributed by atoms with E-state index in [1.54, 1.807) is 0 Å². The predicted molar refractivity (Wildman–Crippen MR) is 101 cm³/mol. The highest BCUT2D eigenvalue weighted by atomic mass is 16.5. The van der Waals surface area contributed by atoms with Gasteiger partial charge in [0, 0.05) is 31.0 Å². The van der Waals surface area contributed by atoms with Gasteiger partial charge in [0.1, 0.15) is 0 Å². The highest BCUT2D eigenvalue weighted by Crippen LogP contribution is 2.20. The number of likely N-dealkylation sites (tertiary alicyclic amines) is 1. The number of amides is 1. The van der Waals surface area contributed by atoms with Crippen LogP contribution < -0.4 is 5.32 Å². The summed E-state index contributed by atoms with van der Waals surface area (Å²) in [6, 6.07) is 8.47. The third kappa shape index (κ3) is 4.69. The molecular weight excluding hydrogens is 328 g/mol. The van der Waals surface area contributed by atoms with Crippen LogP contribution in [0, 0.1) is 6.92 Å². The molecule has 1 saturated heterocycles. The summed E-state index contributed by atoms with van der Waals surface area (Å²) in [6.07, 6.45) is 4.23. The number of hydrogen-bond donors (Lipinski definition) is 1. The van der Waals surface area contributed by atoms with Crippen molar-refractivity contribution in [1.82, 2.24) is 20.4 Å². The topological polar surface area (TPSA) is 71.3 Å². The molecule has 2 heterocycles. The summed E-state index contributed by atoms with van der Waals surface area (Å²) in [6.45, 7) is 7.17. The van der Waals surface area contributed by atoms with Gasteiger partial charge in [-0.2, -0.15) is 4.98 Å². The highest BCUT2D eigenvalue weighted by molar-refractivity contribution is 5.75. The van der Waals surface area contributed by atoms with Gasteiger partial charge < -0.3 is 9.84 Å². The molecule has 6 nitrogen and oxygen atoms in total. The van der Waals surface area contributed by atoms with Gasteiger partial charge in [0.05, 0.1) is 0 Å². The number of rotatable bonds is 8. The first kappa shape index (κ1) is 18.6. The van der Waals surface area contributed by atoms with Gasteiger partial charge in [0.15, 0.2) is 0 Å². The molecule has 1 aromatic carbocycles. The third-order valence-electron chi connectivity index (χ3n) is 5.09. The zero-order valence-electron chi connectivity index (χ0n) is 15.7. The second kappa shape index (κ2) is 8.94. The minimum Gasteiger partial charge on any atom is -0.355 e. The quantitative estimate of drug-likeness (QED) is 0.787. The maximum absolute atomic E-state index is 12.1. The molecule has 1 aromatic heterocycles. The fourth-order valence-electron chi connectivity index (χ4n) is 3.55. The Bertz CT molecular complexity index is 728. The van der Waals surface area contributed by atoms with E-state index < -0.39 is 0 Å². The minimum absolute atomic E-state index is 0.103. The molecular formula is C20H28N4O2. The van der Waals surface area contributed by atoms with Gasteiger partial charge in [-0.25, -0.2) is 0 Å². The zero-order chi connectivity index (χ0) is 18.4. The fourth-order valence-corrected chi connectivity index (χ4v) is 3.55. The van der Waals surface area contributed by atoms with E-state index in [9.17, 15) is 4.79 Å². The number of carbonyl (C=O) groups excluding carboxylic acids is 1. The van der Waals surface area contributed by atoms with E-state index in [4.69, 9.17) is 4.52 Å². The molecule has 0 spiro atoms. The Labute approximate surface area is 155 Å². The van der Waals surface area contributed by atoms with Crippen molar-refractivity contribution in [3.05, 3.63) is 35.7 Å². The average molecular weight is 356 g/mol. The number of hydrogen-bond acceptors (Lipinski definition) is 5. The average Bonchev–Trinajstić information content (AvgIpc) is 3.29. The van der Waals surface area contributed by atoms with E-state index in [-0.39, 0.29) is 5.91 Å². The fraction of sp³-hybridized carbons (Fsp3) is 0.550.